The lowest BCUT2D eigenvalue weighted by Crippen LogP contribution is -2.32. The van der Waals surface area contributed by atoms with Gasteiger partial charge >= 0.3 is 0 Å². The Morgan fingerprint density at radius 3 is 2.20 bits per heavy atom. The van der Waals surface area contributed by atoms with Crippen LogP contribution in [0.25, 0.3) is 5.57 Å². The number of nitrogens with zero attached hydrogens (tertiary/aromatic N) is 3. The summed E-state index contributed by atoms with van der Waals surface area (Å²) < 4.78 is 0. The standard InChI is InChI=1S/C30H28Cl4N4O2/c1-2-3-4-5-6-10-15-38(21-11-8-7-9-12-21)30(40)19-13-14-22(32)25(16-19)35-28-27(29(39)37-36-28)26-23(33)17-20(31)18-24(26)34/h7-9,11-14,16-18,35H,2-6,10,15H2,1H3. The molecular formula is C30H28Cl4N4O2. The number of azo groups is 1. The number of para-hydroxylation sites is 1. The Hall–Kier alpha value is -2.90. The fourth-order valence-electron chi connectivity index (χ4n) is 4.43. The van der Waals surface area contributed by atoms with Gasteiger partial charge in [0.1, 0.15) is 0 Å². The first kappa shape index (κ1) is 30.1. The second-order valence-corrected chi connectivity index (χ2v) is 11.0. The topological polar surface area (TPSA) is 74.1 Å². The first-order valence-electron chi connectivity index (χ1n) is 13.1. The van der Waals surface area contributed by atoms with E-state index in [-0.39, 0.29) is 32.9 Å². The van der Waals surface area contributed by atoms with Crippen molar-refractivity contribution in [2.75, 3.05) is 16.8 Å². The number of unbranched alkanes of at least 4 members (excludes halogenated alkanes) is 5. The zero-order chi connectivity index (χ0) is 28.6. The van der Waals surface area contributed by atoms with Crippen LogP contribution in [-0.4, -0.2) is 18.4 Å². The van der Waals surface area contributed by atoms with Crippen LogP contribution in [0.5, 0.6) is 0 Å². The maximum Gasteiger partial charge on any atom is 0.300 e. The van der Waals surface area contributed by atoms with Crippen LogP contribution in [0, 0.1) is 0 Å². The van der Waals surface area contributed by atoms with E-state index in [1.165, 1.54) is 31.4 Å². The number of carbonyl (C=O) groups excluding carboxylic acids is 2. The number of rotatable bonds is 12. The van der Waals surface area contributed by atoms with Crippen molar-refractivity contribution < 1.29 is 9.59 Å². The van der Waals surface area contributed by atoms with Crippen LogP contribution in [0.1, 0.15) is 61.4 Å². The fourth-order valence-corrected chi connectivity index (χ4v) is 5.60. The van der Waals surface area contributed by atoms with E-state index in [4.69, 9.17) is 46.4 Å². The lowest BCUT2D eigenvalue weighted by atomic mass is 10.1. The molecule has 0 radical (unpaired) electrons. The van der Waals surface area contributed by atoms with Crippen molar-refractivity contribution in [3.05, 3.63) is 97.7 Å². The number of nitrogens with one attached hydrogen (secondary N) is 1. The van der Waals surface area contributed by atoms with Gasteiger partial charge in [0.2, 0.25) is 0 Å². The predicted octanol–water partition coefficient (Wildman–Crippen LogP) is 10.1. The molecule has 0 atom stereocenters. The fraction of sp³-hybridized carbons (Fsp3) is 0.267. The van der Waals surface area contributed by atoms with Crippen LogP contribution in [0.15, 0.2) is 76.7 Å². The highest BCUT2D eigenvalue weighted by molar-refractivity contribution is 6.43. The average molecular weight is 618 g/mol. The van der Waals surface area contributed by atoms with Gasteiger partial charge in [-0.2, -0.15) is 0 Å². The number of benzene rings is 3. The molecule has 40 heavy (non-hydrogen) atoms. The summed E-state index contributed by atoms with van der Waals surface area (Å²) in [5.41, 5.74) is 1.95. The Labute approximate surface area is 254 Å². The van der Waals surface area contributed by atoms with E-state index in [0.29, 0.717) is 27.8 Å². The van der Waals surface area contributed by atoms with Gasteiger partial charge in [0.15, 0.2) is 5.82 Å². The number of carbonyl (C=O) groups is 2. The summed E-state index contributed by atoms with van der Waals surface area (Å²) >= 11 is 25.3. The highest BCUT2D eigenvalue weighted by Gasteiger charge is 2.28. The van der Waals surface area contributed by atoms with Crippen LogP contribution < -0.4 is 10.2 Å². The molecule has 2 amide bonds. The average Bonchev–Trinajstić information content (AvgIpc) is 3.28. The molecule has 4 rings (SSSR count). The molecule has 1 aliphatic heterocycles. The molecule has 1 aliphatic rings. The molecular weight excluding hydrogens is 590 g/mol. The SMILES string of the molecule is CCCCCCCCN(C(=O)c1ccc(Cl)c(NC2=C(c3c(Cl)cc(Cl)cc3Cl)C(=O)N=N2)c1)c1ccccc1. The minimum atomic E-state index is -0.619. The molecule has 0 bridgehead atoms. The largest absolute Gasteiger partial charge is 0.337 e. The lowest BCUT2D eigenvalue weighted by Gasteiger charge is -2.23. The molecule has 3 aromatic rings. The molecule has 0 aliphatic carbocycles. The normalized spacial score (nSPS) is 12.8. The number of hydrogen-bond donors (Lipinski definition) is 1. The van der Waals surface area contributed by atoms with Gasteiger partial charge < -0.3 is 10.2 Å². The maximum absolute atomic E-state index is 13.8. The molecule has 1 heterocycles. The molecule has 1 N–H and O–H groups in total. The molecule has 0 aromatic heterocycles. The summed E-state index contributed by atoms with van der Waals surface area (Å²) in [4.78, 5) is 28.2. The number of anilines is 2. The van der Waals surface area contributed by atoms with Crippen LogP contribution in [0.3, 0.4) is 0 Å². The summed E-state index contributed by atoms with van der Waals surface area (Å²) in [6, 6.07) is 17.5. The van der Waals surface area contributed by atoms with Crippen LogP contribution in [0.4, 0.5) is 11.4 Å². The zero-order valence-corrected chi connectivity index (χ0v) is 24.9. The first-order chi connectivity index (χ1) is 19.3. The van der Waals surface area contributed by atoms with Gasteiger partial charge in [-0.25, -0.2) is 0 Å². The lowest BCUT2D eigenvalue weighted by molar-refractivity contribution is -0.112. The summed E-state index contributed by atoms with van der Waals surface area (Å²) in [7, 11) is 0. The molecule has 6 nitrogen and oxygen atoms in total. The van der Waals surface area contributed by atoms with Gasteiger partial charge in [0.05, 0.1) is 26.3 Å². The van der Waals surface area contributed by atoms with Crippen molar-refractivity contribution in [1.82, 2.24) is 0 Å². The van der Waals surface area contributed by atoms with Crippen molar-refractivity contribution in [2.24, 2.45) is 10.2 Å². The highest BCUT2D eigenvalue weighted by Crippen LogP contribution is 2.39. The smallest absolute Gasteiger partial charge is 0.300 e. The molecule has 208 valence electrons. The third kappa shape index (κ3) is 7.24. The van der Waals surface area contributed by atoms with E-state index < -0.39 is 5.91 Å². The van der Waals surface area contributed by atoms with Crippen LogP contribution >= 0.6 is 46.4 Å². The van der Waals surface area contributed by atoms with E-state index in [1.807, 2.05) is 30.3 Å². The molecule has 0 saturated carbocycles. The quantitative estimate of drug-likeness (QED) is 0.205. The van der Waals surface area contributed by atoms with Gasteiger partial charge in [-0.05, 0) is 48.9 Å². The van der Waals surface area contributed by atoms with Crippen molar-refractivity contribution in [1.29, 1.82) is 0 Å². The number of hydrogen-bond acceptors (Lipinski definition) is 4. The predicted molar refractivity (Wildman–Crippen MR) is 165 cm³/mol. The van der Waals surface area contributed by atoms with E-state index in [9.17, 15) is 9.59 Å². The Balaban J connectivity index is 1.62. The van der Waals surface area contributed by atoms with E-state index >= 15 is 0 Å². The highest BCUT2D eigenvalue weighted by atomic mass is 35.5. The van der Waals surface area contributed by atoms with Crippen LogP contribution in [-0.2, 0) is 4.79 Å². The van der Waals surface area contributed by atoms with Crippen molar-refractivity contribution in [2.45, 2.75) is 45.4 Å². The summed E-state index contributed by atoms with van der Waals surface area (Å²) in [5, 5.41) is 11.7. The minimum Gasteiger partial charge on any atom is -0.337 e. The zero-order valence-electron chi connectivity index (χ0n) is 21.9. The van der Waals surface area contributed by atoms with Gasteiger partial charge in [-0.3, -0.25) is 9.59 Å². The van der Waals surface area contributed by atoms with E-state index in [2.05, 4.69) is 22.5 Å². The molecule has 10 heteroatoms. The number of amides is 2. The second-order valence-electron chi connectivity index (χ2n) is 9.35. The van der Waals surface area contributed by atoms with Crippen molar-refractivity contribution in [3.63, 3.8) is 0 Å². The third-order valence-electron chi connectivity index (χ3n) is 6.46. The Morgan fingerprint density at radius 2 is 1.50 bits per heavy atom. The first-order valence-corrected chi connectivity index (χ1v) is 14.6. The van der Waals surface area contributed by atoms with Crippen LogP contribution in [0.2, 0.25) is 20.1 Å². The second kappa shape index (κ2) is 14.1. The van der Waals surface area contributed by atoms with Gasteiger partial charge in [0.25, 0.3) is 11.8 Å². The Kier molecular flexibility index (Phi) is 10.6. The van der Waals surface area contributed by atoms with Crippen molar-refractivity contribution >= 4 is 75.2 Å². The maximum atomic E-state index is 13.8. The molecule has 0 saturated heterocycles. The third-order valence-corrected chi connectivity index (χ3v) is 7.61. The summed E-state index contributed by atoms with van der Waals surface area (Å²) in [5.74, 6) is -0.678. The monoisotopic (exact) mass is 616 g/mol. The van der Waals surface area contributed by atoms with Crippen molar-refractivity contribution in [3.8, 4) is 0 Å². The Morgan fingerprint density at radius 1 is 0.825 bits per heavy atom. The Bertz CT molecular complexity index is 1430. The summed E-state index contributed by atoms with van der Waals surface area (Å²) in [6.45, 7) is 2.78. The minimum absolute atomic E-state index is 0.0773. The molecule has 0 fully saturated rings. The summed E-state index contributed by atoms with van der Waals surface area (Å²) in [6.07, 6.45) is 6.70. The van der Waals surface area contributed by atoms with Gasteiger partial charge in [0, 0.05) is 28.4 Å². The number of halogens is 4. The molecule has 0 unspecified atom stereocenters. The molecule has 0 spiro atoms. The van der Waals surface area contributed by atoms with E-state index in [0.717, 1.165) is 24.9 Å². The van der Waals surface area contributed by atoms with Gasteiger partial charge in [-0.15, -0.1) is 10.2 Å². The molecule has 3 aromatic carbocycles. The van der Waals surface area contributed by atoms with E-state index in [1.54, 1.807) is 23.1 Å². The van der Waals surface area contributed by atoms with Gasteiger partial charge in [-0.1, -0.05) is 104 Å².